The van der Waals surface area contributed by atoms with E-state index >= 15 is 0 Å². The Morgan fingerprint density at radius 1 is 1.65 bits per heavy atom. The van der Waals surface area contributed by atoms with E-state index in [1.165, 1.54) is 12.1 Å². The number of rotatable bonds is 4. The summed E-state index contributed by atoms with van der Waals surface area (Å²) in [4.78, 5) is 11.7. The summed E-state index contributed by atoms with van der Waals surface area (Å²) in [5.41, 5.74) is 0.197. The van der Waals surface area contributed by atoms with Gasteiger partial charge in [0.15, 0.2) is 0 Å². The molecular formula is C12H12ClFN2O. The quantitative estimate of drug-likeness (QED) is 0.898. The van der Waals surface area contributed by atoms with Gasteiger partial charge in [-0.15, -0.1) is 0 Å². The van der Waals surface area contributed by atoms with E-state index in [0.29, 0.717) is 6.42 Å². The lowest BCUT2D eigenvalue weighted by Gasteiger charge is -2.13. The highest BCUT2D eigenvalue weighted by atomic mass is 35.5. The van der Waals surface area contributed by atoms with Gasteiger partial charge >= 0.3 is 0 Å². The van der Waals surface area contributed by atoms with Crippen LogP contribution in [0.25, 0.3) is 0 Å². The second-order valence-corrected chi connectivity index (χ2v) is 3.98. The van der Waals surface area contributed by atoms with Crippen molar-refractivity contribution in [1.29, 1.82) is 5.26 Å². The first-order valence-electron chi connectivity index (χ1n) is 5.21. The molecule has 0 aliphatic heterocycles. The van der Waals surface area contributed by atoms with Crippen molar-refractivity contribution in [1.82, 2.24) is 5.32 Å². The third-order valence-electron chi connectivity index (χ3n) is 2.35. The summed E-state index contributed by atoms with van der Waals surface area (Å²) in [6.07, 6.45) is 0.883. The zero-order valence-corrected chi connectivity index (χ0v) is 10.1. The van der Waals surface area contributed by atoms with Crippen molar-refractivity contribution in [2.75, 3.05) is 0 Å². The third kappa shape index (κ3) is 3.72. The number of hydrogen-bond donors (Lipinski definition) is 1. The minimum Gasteiger partial charge on any atom is -0.348 e. The lowest BCUT2D eigenvalue weighted by molar-refractivity contribution is 0.0936. The minimum atomic E-state index is -0.632. The molecule has 1 aromatic rings. The molecule has 1 unspecified atom stereocenters. The fourth-order valence-corrected chi connectivity index (χ4v) is 1.43. The first-order chi connectivity index (χ1) is 8.08. The fraction of sp³-hybridized carbons (Fsp3) is 0.333. The zero-order chi connectivity index (χ0) is 12.8. The molecule has 0 radical (unpaired) electrons. The van der Waals surface area contributed by atoms with Gasteiger partial charge in [0.1, 0.15) is 5.82 Å². The molecule has 5 heteroatoms. The Hall–Kier alpha value is -1.60. The maximum absolute atomic E-state index is 13.1. The number of hydrogen-bond acceptors (Lipinski definition) is 2. The minimum absolute atomic E-state index is 0.0226. The van der Waals surface area contributed by atoms with Crippen LogP contribution in [0, 0.1) is 17.1 Å². The molecule has 90 valence electrons. The van der Waals surface area contributed by atoms with Gasteiger partial charge in [0.25, 0.3) is 5.91 Å². The predicted octanol–water partition coefficient (Wildman–Crippen LogP) is 2.90. The molecule has 0 aromatic heterocycles. The Labute approximate surface area is 104 Å². The van der Waals surface area contributed by atoms with Crippen LogP contribution in [0.3, 0.4) is 0 Å². The molecule has 17 heavy (non-hydrogen) atoms. The second kappa shape index (κ2) is 6.21. The van der Waals surface area contributed by atoms with E-state index in [9.17, 15) is 9.18 Å². The van der Waals surface area contributed by atoms with Crippen molar-refractivity contribution >= 4 is 17.5 Å². The summed E-state index contributed by atoms with van der Waals surface area (Å²) < 4.78 is 13.1. The van der Waals surface area contributed by atoms with Gasteiger partial charge in [-0.2, -0.15) is 5.26 Å². The Balaban J connectivity index is 2.76. The van der Waals surface area contributed by atoms with Crippen LogP contribution in [-0.4, -0.2) is 11.9 Å². The number of amides is 1. The van der Waals surface area contributed by atoms with Crippen molar-refractivity contribution in [2.24, 2.45) is 0 Å². The Morgan fingerprint density at radius 2 is 2.35 bits per heavy atom. The Bertz CT molecular complexity index is 456. The van der Waals surface area contributed by atoms with Crippen molar-refractivity contribution in [3.05, 3.63) is 34.6 Å². The van der Waals surface area contributed by atoms with Gasteiger partial charge in [-0.25, -0.2) is 4.39 Å². The van der Waals surface area contributed by atoms with Crippen LogP contribution < -0.4 is 5.32 Å². The van der Waals surface area contributed by atoms with E-state index in [4.69, 9.17) is 16.9 Å². The molecule has 0 aliphatic carbocycles. The number of nitriles is 1. The number of carbonyl (C=O) groups is 1. The number of nitrogens with zero attached hydrogens (tertiary/aromatic N) is 1. The van der Waals surface area contributed by atoms with E-state index in [-0.39, 0.29) is 23.0 Å². The summed E-state index contributed by atoms with van der Waals surface area (Å²) in [5.74, 6) is -1.03. The molecule has 0 saturated carbocycles. The lowest BCUT2D eigenvalue weighted by atomic mass is 10.1. The highest BCUT2D eigenvalue weighted by molar-refractivity contribution is 6.30. The van der Waals surface area contributed by atoms with Crippen LogP contribution in [0.5, 0.6) is 0 Å². The lowest BCUT2D eigenvalue weighted by Crippen LogP contribution is -2.34. The van der Waals surface area contributed by atoms with Gasteiger partial charge in [-0.3, -0.25) is 4.79 Å². The van der Waals surface area contributed by atoms with Crippen LogP contribution in [0.2, 0.25) is 5.02 Å². The van der Waals surface area contributed by atoms with E-state index < -0.39 is 11.7 Å². The van der Waals surface area contributed by atoms with E-state index in [2.05, 4.69) is 5.32 Å². The Morgan fingerprint density at radius 3 is 2.88 bits per heavy atom. The highest BCUT2D eigenvalue weighted by Gasteiger charge is 2.13. The van der Waals surface area contributed by atoms with Crippen LogP contribution in [-0.2, 0) is 0 Å². The predicted molar refractivity (Wildman–Crippen MR) is 63.2 cm³/mol. The molecule has 1 atom stereocenters. The fourth-order valence-electron chi connectivity index (χ4n) is 1.31. The van der Waals surface area contributed by atoms with E-state index in [1.54, 1.807) is 0 Å². The molecule has 1 N–H and O–H groups in total. The Kier molecular flexibility index (Phi) is 4.92. The molecular weight excluding hydrogens is 243 g/mol. The molecule has 0 spiro atoms. The normalized spacial score (nSPS) is 11.6. The molecule has 3 nitrogen and oxygen atoms in total. The second-order valence-electron chi connectivity index (χ2n) is 3.57. The van der Waals surface area contributed by atoms with Crippen molar-refractivity contribution in [2.45, 2.75) is 25.8 Å². The van der Waals surface area contributed by atoms with Crippen LogP contribution in [0.15, 0.2) is 18.2 Å². The molecule has 0 bridgehead atoms. The molecule has 1 amide bonds. The maximum atomic E-state index is 13.1. The van der Waals surface area contributed by atoms with Gasteiger partial charge in [0.2, 0.25) is 0 Å². The molecule has 0 saturated heterocycles. The van der Waals surface area contributed by atoms with Gasteiger partial charge in [-0.05, 0) is 24.6 Å². The van der Waals surface area contributed by atoms with Gasteiger partial charge in [-0.1, -0.05) is 18.5 Å². The molecule has 1 rings (SSSR count). The summed E-state index contributed by atoms with van der Waals surface area (Å²) >= 11 is 5.52. The topological polar surface area (TPSA) is 52.9 Å². The highest BCUT2D eigenvalue weighted by Crippen LogP contribution is 2.15. The van der Waals surface area contributed by atoms with E-state index in [0.717, 1.165) is 6.07 Å². The number of nitrogens with one attached hydrogen (secondary N) is 1. The SMILES string of the molecule is CCC(CC#N)NC(=O)c1ccc(Cl)c(F)c1. The maximum Gasteiger partial charge on any atom is 0.251 e. The van der Waals surface area contributed by atoms with Crippen molar-refractivity contribution in [3.8, 4) is 6.07 Å². The van der Waals surface area contributed by atoms with Gasteiger partial charge in [0.05, 0.1) is 17.5 Å². The average molecular weight is 255 g/mol. The monoisotopic (exact) mass is 254 g/mol. The average Bonchev–Trinajstić information content (AvgIpc) is 2.31. The van der Waals surface area contributed by atoms with E-state index in [1.807, 2.05) is 13.0 Å². The smallest absolute Gasteiger partial charge is 0.251 e. The van der Waals surface area contributed by atoms with Gasteiger partial charge < -0.3 is 5.32 Å². The summed E-state index contributed by atoms with van der Waals surface area (Å²) in [5, 5.41) is 11.2. The summed E-state index contributed by atoms with van der Waals surface area (Å²) in [6.45, 7) is 1.87. The largest absolute Gasteiger partial charge is 0.348 e. The summed E-state index contributed by atoms with van der Waals surface area (Å²) in [6, 6.07) is 5.62. The van der Waals surface area contributed by atoms with Gasteiger partial charge in [0, 0.05) is 11.6 Å². The van der Waals surface area contributed by atoms with Crippen LogP contribution in [0.1, 0.15) is 30.1 Å². The number of benzene rings is 1. The number of carbonyl (C=O) groups excluding carboxylic acids is 1. The summed E-state index contributed by atoms with van der Waals surface area (Å²) in [7, 11) is 0. The van der Waals surface area contributed by atoms with Crippen molar-refractivity contribution in [3.63, 3.8) is 0 Å². The van der Waals surface area contributed by atoms with Crippen molar-refractivity contribution < 1.29 is 9.18 Å². The molecule has 0 heterocycles. The van der Waals surface area contributed by atoms with Crippen LogP contribution >= 0.6 is 11.6 Å². The molecule has 0 fully saturated rings. The first kappa shape index (κ1) is 13.5. The third-order valence-corrected chi connectivity index (χ3v) is 2.65. The standard InChI is InChI=1S/C12H12ClFN2O/c1-2-9(5-6-15)16-12(17)8-3-4-10(13)11(14)7-8/h3-4,7,9H,2,5H2,1H3,(H,16,17). The molecule has 0 aliphatic rings. The zero-order valence-electron chi connectivity index (χ0n) is 9.34. The first-order valence-corrected chi connectivity index (χ1v) is 5.59. The van der Waals surface area contributed by atoms with Crippen LogP contribution in [0.4, 0.5) is 4.39 Å². The molecule has 1 aromatic carbocycles. The number of halogens is 2.